The van der Waals surface area contributed by atoms with E-state index in [1.54, 1.807) is 11.8 Å². The van der Waals surface area contributed by atoms with Gasteiger partial charge in [-0.3, -0.25) is 4.98 Å². The van der Waals surface area contributed by atoms with E-state index in [9.17, 15) is 5.26 Å². The maximum atomic E-state index is 10.1. The number of hydrogen-bond donors (Lipinski definition) is 0. The molecular formula is C24H31N5OS. The van der Waals surface area contributed by atoms with E-state index < -0.39 is 0 Å². The van der Waals surface area contributed by atoms with E-state index >= 15 is 0 Å². The van der Waals surface area contributed by atoms with Crippen LogP contribution in [0.1, 0.15) is 42.7 Å². The molecule has 0 aromatic carbocycles. The largest absolute Gasteiger partial charge is 0.370 e. The molecule has 31 heavy (non-hydrogen) atoms. The molecule has 4 heterocycles. The fraction of sp³-hybridized carbons (Fsp3) is 0.542. The third-order valence-electron chi connectivity index (χ3n) is 6.02. The first kappa shape index (κ1) is 22.1. The van der Waals surface area contributed by atoms with Crippen LogP contribution in [0.3, 0.4) is 0 Å². The smallest absolute Gasteiger partial charge is 0.135 e. The first-order valence-corrected chi connectivity index (χ1v) is 12.0. The van der Waals surface area contributed by atoms with Crippen molar-refractivity contribution in [2.75, 3.05) is 43.9 Å². The number of pyridine rings is 2. The summed E-state index contributed by atoms with van der Waals surface area (Å²) >= 11 is 1.67. The SMILES string of the molecule is CN1CCCN(c2nc(SCCc3ccccn3)c(C#N)c3c2COC(C)(C)C3)CC1. The quantitative estimate of drug-likeness (QED) is 0.661. The van der Waals surface area contributed by atoms with Crippen LogP contribution in [0, 0.1) is 11.3 Å². The fourth-order valence-corrected chi connectivity index (χ4v) is 5.23. The topological polar surface area (TPSA) is 65.3 Å². The fourth-order valence-electron chi connectivity index (χ4n) is 4.26. The molecule has 2 aliphatic heterocycles. The Balaban J connectivity index is 1.67. The van der Waals surface area contributed by atoms with Gasteiger partial charge in [-0.15, -0.1) is 11.8 Å². The molecule has 0 unspecified atom stereocenters. The first-order chi connectivity index (χ1) is 15.0. The van der Waals surface area contributed by atoms with Gasteiger partial charge in [0.05, 0.1) is 17.8 Å². The van der Waals surface area contributed by atoms with Crippen LogP contribution >= 0.6 is 11.8 Å². The lowest BCUT2D eigenvalue weighted by molar-refractivity contribution is -0.0402. The van der Waals surface area contributed by atoms with Crippen molar-refractivity contribution in [3.05, 3.63) is 46.8 Å². The molecule has 0 amide bonds. The zero-order chi connectivity index (χ0) is 21.8. The number of rotatable bonds is 5. The van der Waals surface area contributed by atoms with Gasteiger partial charge < -0.3 is 14.5 Å². The Morgan fingerprint density at radius 2 is 2.06 bits per heavy atom. The van der Waals surface area contributed by atoms with E-state index in [1.165, 1.54) is 0 Å². The average Bonchev–Trinajstić information content (AvgIpc) is 2.97. The number of aryl methyl sites for hydroxylation is 1. The lowest BCUT2D eigenvalue weighted by atomic mass is 9.89. The van der Waals surface area contributed by atoms with Gasteiger partial charge in [0.2, 0.25) is 0 Å². The monoisotopic (exact) mass is 437 g/mol. The van der Waals surface area contributed by atoms with E-state index in [4.69, 9.17) is 9.72 Å². The number of ether oxygens (including phenoxy) is 1. The van der Waals surface area contributed by atoms with Gasteiger partial charge >= 0.3 is 0 Å². The summed E-state index contributed by atoms with van der Waals surface area (Å²) in [6.07, 6.45) is 4.53. The average molecular weight is 438 g/mol. The molecule has 7 heteroatoms. The van der Waals surface area contributed by atoms with Crippen molar-refractivity contribution in [3.8, 4) is 6.07 Å². The number of aromatic nitrogens is 2. The Morgan fingerprint density at radius 3 is 2.84 bits per heavy atom. The molecule has 1 saturated heterocycles. The molecule has 0 N–H and O–H groups in total. The highest BCUT2D eigenvalue weighted by molar-refractivity contribution is 7.99. The van der Waals surface area contributed by atoms with Gasteiger partial charge in [0.15, 0.2) is 0 Å². The minimum atomic E-state index is -0.272. The Labute approximate surface area is 189 Å². The summed E-state index contributed by atoms with van der Waals surface area (Å²) in [6.45, 7) is 8.78. The summed E-state index contributed by atoms with van der Waals surface area (Å²) in [5, 5.41) is 10.9. The van der Waals surface area contributed by atoms with E-state index in [0.29, 0.717) is 6.61 Å². The molecule has 6 nitrogen and oxygen atoms in total. The molecule has 0 aliphatic carbocycles. The van der Waals surface area contributed by atoms with E-state index in [1.807, 2.05) is 24.4 Å². The van der Waals surface area contributed by atoms with Crippen molar-refractivity contribution < 1.29 is 4.74 Å². The summed E-state index contributed by atoms with van der Waals surface area (Å²) in [4.78, 5) is 14.3. The Hall–Kier alpha value is -2.14. The standard InChI is InChI=1S/C24H31N5OS/c1-24(2)15-19-20(16-25)23(31-14-8-18-7-4-5-9-26-18)27-22(21(19)17-30-24)29-11-6-10-28(3)12-13-29/h4-5,7,9H,6,8,10-15,17H2,1-3H3. The third kappa shape index (κ3) is 5.20. The van der Waals surface area contributed by atoms with Crippen LogP contribution in [0.4, 0.5) is 5.82 Å². The zero-order valence-corrected chi connectivity index (χ0v) is 19.5. The number of nitrogens with zero attached hydrogens (tertiary/aromatic N) is 5. The van der Waals surface area contributed by atoms with Crippen LogP contribution in [-0.2, 0) is 24.2 Å². The summed E-state index contributed by atoms with van der Waals surface area (Å²) < 4.78 is 6.15. The van der Waals surface area contributed by atoms with Gasteiger partial charge in [-0.05, 0) is 58.0 Å². The predicted octanol–water partition coefficient (Wildman–Crippen LogP) is 3.68. The summed E-state index contributed by atoms with van der Waals surface area (Å²) in [6, 6.07) is 8.48. The predicted molar refractivity (Wildman–Crippen MR) is 125 cm³/mol. The molecule has 1 fully saturated rings. The zero-order valence-electron chi connectivity index (χ0n) is 18.7. The highest BCUT2D eigenvalue weighted by atomic mass is 32.2. The van der Waals surface area contributed by atoms with Crippen LogP contribution in [-0.4, -0.2) is 59.4 Å². The van der Waals surface area contributed by atoms with Crippen LogP contribution in [0.25, 0.3) is 0 Å². The van der Waals surface area contributed by atoms with Gasteiger partial charge in [0.1, 0.15) is 16.9 Å². The third-order valence-corrected chi connectivity index (χ3v) is 7.00. The number of anilines is 1. The highest BCUT2D eigenvalue weighted by Crippen LogP contribution is 2.38. The number of thioether (sulfide) groups is 1. The van der Waals surface area contributed by atoms with Gasteiger partial charge in [-0.1, -0.05) is 6.07 Å². The van der Waals surface area contributed by atoms with Crippen molar-refractivity contribution in [1.29, 1.82) is 5.26 Å². The van der Waals surface area contributed by atoms with Gasteiger partial charge in [0, 0.05) is 49.3 Å². The highest BCUT2D eigenvalue weighted by Gasteiger charge is 2.33. The van der Waals surface area contributed by atoms with Crippen LogP contribution < -0.4 is 4.90 Å². The molecule has 0 saturated carbocycles. The second kappa shape index (κ2) is 9.56. The second-order valence-electron chi connectivity index (χ2n) is 8.97. The minimum Gasteiger partial charge on any atom is -0.370 e. The molecule has 2 aliphatic rings. The van der Waals surface area contributed by atoms with E-state index in [2.05, 4.69) is 41.7 Å². The lowest BCUT2D eigenvalue weighted by Crippen LogP contribution is -2.36. The molecule has 0 spiro atoms. The summed E-state index contributed by atoms with van der Waals surface area (Å²) in [7, 11) is 2.18. The van der Waals surface area contributed by atoms with Crippen LogP contribution in [0.15, 0.2) is 29.4 Å². The van der Waals surface area contributed by atoms with Crippen LogP contribution in [0.2, 0.25) is 0 Å². The second-order valence-corrected chi connectivity index (χ2v) is 10.1. The van der Waals surface area contributed by atoms with Crippen molar-refractivity contribution >= 4 is 17.6 Å². The Morgan fingerprint density at radius 1 is 1.19 bits per heavy atom. The van der Waals surface area contributed by atoms with Crippen molar-refractivity contribution in [2.24, 2.45) is 0 Å². The first-order valence-electron chi connectivity index (χ1n) is 11.0. The van der Waals surface area contributed by atoms with Gasteiger partial charge in [-0.25, -0.2) is 4.98 Å². The number of likely N-dealkylation sites (N-methyl/N-ethyl adjacent to an activating group) is 1. The van der Waals surface area contributed by atoms with Crippen molar-refractivity contribution in [1.82, 2.24) is 14.9 Å². The Kier molecular flexibility index (Phi) is 6.80. The number of hydrogen-bond acceptors (Lipinski definition) is 7. The summed E-state index contributed by atoms with van der Waals surface area (Å²) in [5.74, 6) is 1.86. The van der Waals surface area contributed by atoms with Crippen molar-refractivity contribution in [3.63, 3.8) is 0 Å². The molecule has 0 atom stereocenters. The Bertz CT molecular complexity index is 957. The molecule has 164 valence electrons. The van der Waals surface area contributed by atoms with Gasteiger partial charge in [-0.2, -0.15) is 5.26 Å². The molecule has 0 radical (unpaired) electrons. The number of fused-ring (bicyclic) bond motifs is 1. The van der Waals surface area contributed by atoms with Gasteiger partial charge in [0.25, 0.3) is 0 Å². The number of nitriles is 1. The van der Waals surface area contributed by atoms with Crippen molar-refractivity contribution in [2.45, 2.75) is 50.3 Å². The van der Waals surface area contributed by atoms with Crippen LogP contribution in [0.5, 0.6) is 0 Å². The molecular weight excluding hydrogens is 406 g/mol. The maximum absolute atomic E-state index is 10.1. The lowest BCUT2D eigenvalue weighted by Gasteiger charge is -2.35. The van der Waals surface area contributed by atoms with E-state index in [-0.39, 0.29) is 5.60 Å². The maximum Gasteiger partial charge on any atom is 0.135 e. The molecule has 0 bridgehead atoms. The molecule has 2 aromatic rings. The molecule has 4 rings (SSSR count). The summed E-state index contributed by atoms with van der Waals surface area (Å²) in [5.41, 5.74) is 3.76. The van der Waals surface area contributed by atoms with E-state index in [0.717, 1.165) is 84.4 Å². The normalized spacial score (nSPS) is 18.8. The molecule has 2 aromatic heterocycles. The minimum absolute atomic E-state index is 0.272.